The van der Waals surface area contributed by atoms with Crippen molar-refractivity contribution < 1.29 is 4.79 Å². The predicted molar refractivity (Wildman–Crippen MR) is 58.3 cm³/mol. The van der Waals surface area contributed by atoms with E-state index in [1.54, 1.807) is 4.52 Å². The lowest BCUT2D eigenvalue weighted by atomic mass is 10.4. The van der Waals surface area contributed by atoms with Crippen LogP contribution in [0.4, 0.5) is 0 Å². The van der Waals surface area contributed by atoms with Gasteiger partial charge >= 0.3 is 0 Å². The molecule has 2 rings (SSSR count). The Bertz CT molecular complexity index is 545. The average Bonchev–Trinajstić information content (AvgIpc) is 2.62. The van der Waals surface area contributed by atoms with Gasteiger partial charge in [-0.25, -0.2) is 9.50 Å². The molecule has 0 aliphatic heterocycles. The average molecular weight is 219 g/mol. The van der Waals surface area contributed by atoms with E-state index in [4.69, 9.17) is 0 Å². The van der Waals surface area contributed by atoms with Gasteiger partial charge in [-0.1, -0.05) is 0 Å². The minimum Gasteiger partial charge on any atom is -0.350 e. The smallest absolute Gasteiger partial charge is 0.291 e. The number of hydrogen-bond acceptors (Lipinski definition) is 4. The third kappa shape index (κ3) is 1.73. The molecule has 0 radical (unpaired) electrons. The fourth-order valence-electron chi connectivity index (χ4n) is 1.50. The molecule has 2 aromatic heterocycles. The van der Waals surface area contributed by atoms with Gasteiger partial charge in [0.05, 0.1) is 0 Å². The van der Waals surface area contributed by atoms with Crippen molar-refractivity contribution in [3.8, 4) is 0 Å². The Labute approximate surface area is 92.7 Å². The Morgan fingerprint density at radius 1 is 1.44 bits per heavy atom. The zero-order chi connectivity index (χ0) is 11.7. The molecule has 16 heavy (non-hydrogen) atoms. The zero-order valence-electron chi connectivity index (χ0n) is 9.48. The van der Waals surface area contributed by atoms with Gasteiger partial charge in [0.25, 0.3) is 11.7 Å². The summed E-state index contributed by atoms with van der Waals surface area (Å²) < 4.78 is 1.57. The second-order valence-electron chi connectivity index (χ2n) is 3.55. The monoisotopic (exact) mass is 219 g/mol. The summed E-state index contributed by atoms with van der Waals surface area (Å²) in [6, 6.07) is 1.89. The Morgan fingerprint density at radius 3 is 2.88 bits per heavy atom. The quantitative estimate of drug-likeness (QED) is 0.797. The van der Waals surface area contributed by atoms with E-state index in [0.29, 0.717) is 12.3 Å². The lowest BCUT2D eigenvalue weighted by Crippen LogP contribution is -2.23. The van der Waals surface area contributed by atoms with E-state index >= 15 is 0 Å². The number of aromatic nitrogens is 4. The molecular formula is C10H13N5O. The molecule has 0 aliphatic carbocycles. The molecule has 2 heterocycles. The van der Waals surface area contributed by atoms with Crippen molar-refractivity contribution in [2.75, 3.05) is 6.54 Å². The first-order chi connectivity index (χ1) is 7.61. The number of carbonyl (C=O) groups excluding carboxylic acids is 1. The van der Waals surface area contributed by atoms with Crippen LogP contribution < -0.4 is 5.32 Å². The van der Waals surface area contributed by atoms with Crippen molar-refractivity contribution >= 4 is 11.7 Å². The van der Waals surface area contributed by atoms with E-state index in [-0.39, 0.29) is 11.7 Å². The number of aryl methyl sites for hydroxylation is 2. The van der Waals surface area contributed by atoms with Gasteiger partial charge < -0.3 is 5.32 Å². The van der Waals surface area contributed by atoms with Gasteiger partial charge in [0.2, 0.25) is 5.82 Å². The molecule has 0 fully saturated rings. The molecule has 0 aromatic carbocycles. The summed E-state index contributed by atoms with van der Waals surface area (Å²) in [5, 5.41) is 6.75. The van der Waals surface area contributed by atoms with E-state index < -0.39 is 0 Å². The number of hydrogen-bond donors (Lipinski definition) is 1. The summed E-state index contributed by atoms with van der Waals surface area (Å²) in [6.07, 6.45) is 0. The molecule has 0 saturated heterocycles. The molecule has 0 spiro atoms. The van der Waals surface area contributed by atoms with E-state index in [1.165, 1.54) is 0 Å². The van der Waals surface area contributed by atoms with Gasteiger partial charge in [0.1, 0.15) is 0 Å². The highest BCUT2D eigenvalue weighted by molar-refractivity contribution is 5.90. The molecule has 6 heteroatoms. The molecule has 0 bridgehead atoms. The molecule has 84 valence electrons. The predicted octanol–water partition coefficient (Wildman–Crippen LogP) is 0.491. The number of rotatable bonds is 2. The molecular weight excluding hydrogens is 206 g/mol. The topological polar surface area (TPSA) is 72.2 Å². The SMILES string of the molecule is CCNC(=O)c1nc2nc(C)cc(C)n2n1. The van der Waals surface area contributed by atoms with Crippen LogP contribution in [0.3, 0.4) is 0 Å². The molecule has 0 atom stereocenters. The first-order valence-corrected chi connectivity index (χ1v) is 5.11. The van der Waals surface area contributed by atoms with Crippen molar-refractivity contribution in [2.24, 2.45) is 0 Å². The van der Waals surface area contributed by atoms with E-state index in [9.17, 15) is 4.79 Å². The fraction of sp³-hybridized carbons (Fsp3) is 0.400. The first kappa shape index (κ1) is 10.5. The van der Waals surface area contributed by atoms with Gasteiger partial charge in [0, 0.05) is 17.9 Å². The third-order valence-electron chi connectivity index (χ3n) is 2.16. The number of carbonyl (C=O) groups is 1. The van der Waals surface area contributed by atoms with Crippen LogP contribution in [0, 0.1) is 13.8 Å². The van der Waals surface area contributed by atoms with Gasteiger partial charge in [0.15, 0.2) is 0 Å². The summed E-state index contributed by atoms with van der Waals surface area (Å²) in [6.45, 7) is 6.19. The zero-order valence-corrected chi connectivity index (χ0v) is 9.48. The highest BCUT2D eigenvalue weighted by Gasteiger charge is 2.13. The van der Waals surface area contributed by atoms with Crippen LogP contribution in [0.15, 0.2) is 6.07 Å². The molecule has 1 amide bonds. The Kier molecular flexibility index (Phi) is 2.55. The van der Waals surface area contributed by atoms with Crippen LogP contribution >= 0.6 is 0 Å². The third-order valence-corrected chi connectivity index (χ3v) is 2.16. The highest BCUT2D eigenvalue weighted by atomic mass is 16.2. The summed E-state index contributed by atoms with van der Waals surface area (Å²) in [4.78, 5) is 19.8. The van der Waals surface area contributed by atoms with E-state index in [0.717, 1.165) is 11.4 Å². The standard InChI is InChI=1S/C10H13N5O/c1-4-11-9(16)8-13-10-12-6(2)5-7(3)15(10)14-8/h5H,4H2,1-3H3,(H,11,16). The van der Waals surface area contributed by atoms with Crippen LogP contribution in [0.2, 0.25) is 0 Å². The van der Waals surface area contributed by atoms with Crippen molar-refractivity contribution in [2.45, 2.75) is 20.8 Å². The van der Waals surface area contributed by atoms with Crippen molar-refractivity contribution in [3.05, 3.63) is 23.3 Å². The van der Waals surface area contributed by atoms with Crippen LogP contribution in [0.1, 0.15) is 28.9 Å². The number of fused-ring (bicyclic) bond motifs is 1. The minimum absolute atomic E-state index is 0.156. The summed E-state index contributed by atoms with van der Waals surface area (Å²) >= 11 is 0. The highest BCUT2D eigenvalue weighted by Crippen LogP contribution is 2.05. The molecule has 6 nitrogen and oxygen atoms in total. The van der Waals surface area contributed by atoms with Gasteiger partial charge in [-0.15, -0.1) is 5.10 Å². The van der Waals surface area contributed by atoms with Gasteiger partial charge in [-0.3, -0.25) is 4.79 Å². The normalized spacial score (nSPS) is 10.7. The Morgan fingerprint density at radius 2 is 2.19 bits per heavy atom. The van der Waals surface area contributed by atoms with Crippen LogP contribution in [0.5, 0.6) is 0 Å². The first-order valence-electron chi connectivity index (χ1n) is 5.11. The lowest BCUT2D eigenvalue weighted by molar-refractivity contribution is 0.0945. The van der Waals surface area contributed by atoms with E-state index in [1.807, 2.05) is 26.8 Å². The maximum Gasteiger partial charge on any atom is 0.291 e. The molecule has 1 N–H and O–H groups in total. The second-order valence-corrected chi connectivity index (χ2v) is 3.55. The fourth-order valence-corrected chi connectivity index (χ4v) is 1.50. The molecule has 0 aliphatic rings. The van der Waals surface area contributed by atoms with Crippen molar-refractivity contribution in [1.82, 2.24) is 24.9 Å². The number of amides is 1. The lowest BCUT2D eigenvalue weighted by Gasteiger charge is -1.97. The Balaban J connectivity index is 2.51. The maximum atomic E-state index is 11.5. The minimum atomic E-state index is -0.273. The van der Waals surface area contributed by atoms with Crippen molar-refractivity contribution in [3.63, 3.8) is 0 Å². The van der Waals surface area contributed by atoms with Gasteiger partial charge in [-0.05, 0) is 26.8 Å². The summed E-state index contributed by atoms with van der Waals surface area (Å²) in [5.41, 5.74) is 1.77. The molecule has 0 saturated carbocycles. The van der Waals surface area contributed by atoms with Crippen LogP contribution in [-0.4, -0.2) is 32.0 Å². The number of nitrogens with one attached hydrogen (secondary N) is 1. The second kappa shape index (κ2) is 3.88. The van der Waals surface area contributed by atoms with Crippen LogP contribution in [0.25, 0.3) is 5.78 Å². The van der Waals surface area contributed by atoms with E-state index in [2.05, 4.69) is 20.4 Å². The summed E-state index contributed by atoms with van der Waals surface area (Å²) in [7, 11) is 0. The largest absolute Gasteiger partial charge is 0.350 e. The van der Waals surface area contributed by atoms with Crippen LogP contribution in [-0.2, 0) is 0 Å². The maximum absolute atomic E-state index is 11.5. The molecule has 0 unspecified atom stereocenters. The molecule has 2 aromatic rings. The van der Waals surface area contributed by atoms with Gasteiger partial charge in [-0.2, -0.15) is 4.98 Å². The summed E-state index contributed by atoms with van der Waals surface area (Å²) in [5.74, 6) is 0.340. The van der Waals surface area contributed by atoms with Crippen molar-refractivity contribution in [1.29, 1.82) is 0 Å². The number of nitrogens with zero attached hydrogens (tertiary/aromatic N) is 4. The Hall–Kier alpha value is -1.98.